The third kappa shape index (κ3) is 5.07. The van der Waals surface area contributed by atoms with Crippen molar-refractivity contribution in [3.63, 3.8) is 0 Å². The second kappa shape index (κ2) is 9.27. The van der Waals surface area contributed by atoms with E-state index in [9.17, 15) is 9.59 Å². The molecule has 0 spiro atoms. The SMILES string of the molecule is C=C(C)COc1ccc2c(C)c(CC(=O)NCC3CCCN3CC)c(=O)oc2c1. The number of ether oxygens (including phenoxy) is 1. The van der Waals surface area contributed by atoms with Gasteiger partial charge in [0.25, 0.3) is 0 Å². The first kappa shape index (κ1) is 21.1. The van der Waals surface area contributed by atoms with E-state index in [0.29, 0.717) is 36.1 Å². The van der Waals surface area contributed by atoms with Gasteiger partial charge in [0.05, 0.1) is 12.0 Å². The molecule has 0 saturated carbocycles. The second-order valence-corrected chi connectivity index (χ2v) is 7.80. The van der Waals surface area contributed by atoms with E-state index in [1.165, 1.54) is 6.42 Å². The molecule has 1 aromatic carbocycles. The Kier molecular flexibility index (Phi) is 6.75. The maximum absolute atomic E-state index is 12.5. The van der Waals surface area contributed by atoms with Gasteiger partial charge in [-0.15, -0.1) is 0 Å². The van der Waals surface area contributed by atoms with E-state index in [4.69, 9.17) is 9.15 Å². The van der Waals surface area contributed by atoms with Crippen molar-refractivity contribution in [3.8, 4) is 5.75 Å². The molecule has 29 heavy (non-hydrogen) atoms. The number of amides is 1. The number of benzene rings is 1. The summed E-state index contributed by atoms with van der Waals surface area (Å²) in [6.45, 7) is 12.8. The van der Waals surface area contributed by atoms with Crippen LogP contribution in [0.5, 0.6) is 5.75 Å². The zero-order valence-electron chi connectivity index (χ0n) is 17.5. The summed E-state index contributed by atoms with van der Waals surface area (Å²) >= 11 is 0. The van der Waals surface area contributed by atoms with Gasteiger partial charge < -0.3 is 14.5 Å². The number of nitrogens with zero attached hydrogens (tertiary/aromatic N) is 1. The van der Waals surface area contributed by atoms with E-state index in [2.05, 4.69) is 23.7 Å². The van der Waals surface area contributed by atoms with Gasteiger partial charge in [-0.1, -0.05) is 13.5 Å². The van der Waals surface area contributed by atoms with Crippen LogP contribution < -0.4 is 15.7 Å². The normalized spacial score (nSPS) is 16.9. The summed E-state index contributed by atoms with van der Waals surface area (Å²) in [6.07, 6.45) is 2.29. The minimum atomic E-state index is -0.474. The highest BCUT2D eigenvalue weighted by molar-refractivity contribution is 5.85. The average molecular weight is 399 g/mol. The van der Waals surface area contributed by atoms with Crippen LogP contribution in [0.2, 0.25) is 0 Å². The number of hydrogen-bond acceptors (Lipinski definition) is 5. The smallest absolute Gasteiger partial charge is 0.340 e. The highest BCUT2D eigenvalue weighted by atomic mass is 16.5. The first-order valence-electron chi connectivity index (χ1n) is 10.2. The number of nitrogens with one attached hydrogen (secondary N) is 1. The molecule has 1 fully saturated rings. The third-order valence-electron chi connectivity index (χ3n) is 5.52. The van der Waals surface area contributed by atoms with Gasteiger partial charge in [0.15, 0.2) is 0 Å². The monoisotopic (exact) mass is 398 g/mol. The van der Waals surface area contributed by atoms with Crippen LogP contribution >= 0.6 is 0 Å². The van der Waals surface area contributed by atoms with Gasteiger partial charge in [-0.2, -0.15) is 0 Å². The van der Waals surface area contributed by atoms with Gasteiger partial charge in [-0.25, -0.2) is 4.79 Å². The van der Waals surface area contributed by atoms with Crippen LogP contribution in [0, 0.1) is 6.92 Å². The van der Waals surface area contributed by atoms with Gasteiger partial charge in [0, 0.05) is 24.0 Å². The first-order chi connectivity index (χ1) is 13.9. The fourth-order valence-electron chi connectivity index (χ4n) is 3.87. The second-order valence-electron chi connectivity index (χ2n) is 7.80. The molecule has 1 atom stereocenters. The van der Waals surface area contributed by atoms with Crippen molar-refractivity contribution in [1.29, 1.82) is 0 Å². The van der Waals surface area contributed by atoms with Crippen LogP contribution in [0.4, 0.5) is 0 Å². The molecule has 1 aliphatic heterocycles. The Morgan fingerprint density at radius 1 is 1.41 bits per heavy atom. The Morgan fingerprint density at radius 3 is 2.93 bits per heavy atom. The van der Waals surface area contributed by atoms with Gasteiger partial charge >= 0.3 is 5.63 Å². The Balaban J connectivity index is 1.72. The Morgan fingerprint density at radius 2 is 2.21 bits per heavy atom. The number of fused-ring (bicyclic) bond motifs is 1. The fourth-order valence-corrected chi connectivity index (χ4v) is 3.87. The van der Waals surface area contributed by atoms with E-state index in [1.807, 2.05) is 26.0 Å². The van der Waals surface area contributed by atoms with Crippen molar-refractivity contribution in [3.05, 3.63) is 51.9 Å². The quantitative estimate of drug-likeness (QED) is 0.546. The maximum atomic E-state index is 12.5. The molecule has 1 amide bonds. The topological polar surface area (TPSA) is 71.8 Å². The van der Waals surface area contributed by atoms with Crippen molar-refractivity contribution in [2.45, 2.75) is 46.1 Å². The Bertz CT molecular complexity index is 963. The Hall–Kier alpha value is -2.60. The van der Waals surface area contributed by atoms with E-state index in [1.54, 1.807) is 6.07 Å². The number of carbonyl (C=O) groups excluding carboxylic acids is 1. The zero-order chi connectivity index (χ0) is 21.0. The molecule has 6 heteroatoms. The molecular weight excluding hydrogens is 368 g/mol. The van der Waals surface area contributed by atoms with Crippen LogP contribution in [0.25, 0.3) is 11.0 Å². The number of aryl methyl sites for hydroxylation is 1. The van der Waals surface area contributed by atoms with Gasteiger partial charge in [0.2, 0.25) is 5.91 Å². The molecule has 2 heterocycles. The van der Waals surface area contributed by atoms with E-state index >= 15 is 0 Å². The van der Waals surface area contributed by atoms with Crippen molar-refractivity contribution in [2.24, 2.45) is 0 Å². The lowest BCUT2D eigenvalue weighted by atomic mass is 10.0. The summed E-state index contributed by atoms with van der Waals surface area (Å²) in [5.41, 5.74) is 2.07. The van der Waals surface area contributed by atoms with Gasteiger partial charge in [-0.3, -0.25) is 9.69 Å². The number of hydrogen-bond donors (Lipinski definition) is 1. The predicted octanol–water partition coefficient (Wildman–Crippen LogP) is 3.20. The standard InChI is InChI=1S/C23H30N2O4/c1-5-25-10-6-7-17(25)13-24-22(26)12-20-16(4)19-9-8-18(28-14-15(2)3)11-21(19)29-23(20)27/h8-9,11,17H,2,5-7,10,12-14H2,1,3-4H3,(H,24,26). The summed E-state index contributed by atoms with van der Waals surface area (Å²) in [6, 6.07) is 5.79. The minimum Gasteiger partial charge on any atom is -0.489 e. The molecule has 1 aliphatic rings. The summed E-state index contributed by atoms with van der Waals surface area (Å²) in [4.78, 5) is 27.4. The maximum Gasteiger partial charge on any atom is 0.340 e. The average Bonchev–Trinajstić information content (AvgIpc) is 3.15. The molecule has 1 N–H and O–H groups in total. The van der Waals surface area contributed by atoms with Crippen molar-refractivity contribution >= 4 is 16.9 Å². The number of rotatable bonds is 8. The van der Waals surface area contributed by atoms with E-state index < -0.39 is 5.63 Å². The van der Waals surface area contributed by atoms with Crippen LogP contribution in [0.1, 0.15) is 37.8 Å². The molecular formula is C23H30N2O4. The molecule has 0 radical (unpaired) electrons. The van der Waals surface area contributed by atoms with Crippen LogP contribution in [0.15, 0.2) is 39.6 Å². The number of likely N-dealkylation sites (tertiary alicyclic amines) is 1. The lowest BCUT2D eigenvalue weighted by Gasteiger charge is -2.22. The molecule has 1 unspecified atom stereocenters. The summed E-state index contributed by atoms with van der Waals surface area (Å²) in [5, 5.41) is 3.80. The van der Waals surface area contributed by atoms with Crippen molar-refractivity contribution in [1.82, 2.24) is 10.2 Å². The molecule has 2 aromatic rings. The van der Waals surface area contributed by atoms with Crippen molar-refractivity contribution in [2.75, 3.05) is 26.2 Å². The molecule has 0 aliphatic carbocycles. The van der Waals surface area contributed by atoms with Gasteiger partial charge in [-0.05, 0) is 63.0 Å². The lowest BCUT2D eigenvalue weighted by Crippen LogP contribution is -2.40. The Labute approximate surface area is 171 Å². The predicted molar refractivity (Wildman–Crippen MR) is 115 cm³/mol. The third-order valence-corrected chi connectivity index (χ3v) is 5.52. The highest BCUT2D eigenvalue weighted by Crippen LogP contribution is 2.24. The number of likely N-dealkylation sites (N-methyl/N-ethyl adjacent to an activating group) is 1. The summed E-state index contributed by atoms with van der Waals surface area (Å²) < 4.78 is 11.1. The molecule has 1 saturated heterocycles. The molecule has 1 aromatic heterocycles. The molecule has 6 nitrogen and oxygen atoms in total. The molecule has 0 bridgehead atoms. The van der Waals surface area contributed by atoms with Crippen LogP contribution in [0.3, 0.4) is 0 Å². The van der Waals surface area contributed by atoms with Crippen molar-refractivity contribution < 1.29 is 13.9 Å². The summed E-state index contributed by atoms with van der Waals surface area (Å²) in [7, 11) is 0. The highest BCUT2D eigenvalue weighted by Gasteiger charge is 2.23. The molecule has 3 rings (SSSR count). The number of carbonyl (C=O) groups is 1. The first-order valence-corrected chi connectivity index (χ1v) is 10.2. The largest absolute Gasteiger partial charge is 0.489 e. The fraction of sp³-hybridized carbons (Fsp3) is 0.478. The van der Waals surface area contributed by atoms with Crippen LogP contribution in [-0.2, 0) is 11.2 Å². The lowest BCUT2D eigenvalue weighted by molar-refractivity contribution is -0.120. The van der Waals surface area contributed by atoms with E-state index in [-0.39, 0.29) is 12.3 Å². The van der Waals surface area contributed by atoms with E-state index in [0.717, 1.165) is 36.0 Å². The zero-order valence-corrected chi connectivity index (χ0v) is 17.5. The summed E-state index contributed by atoms with van der Waals surface area (Å²) in [5.74, 6) is 0.467. The van der Waals surface area contributed by atoms with Crippen LogP contribution in [-0.4, -0.2) is 43.1 Å². The molecule has 156 valence electrons. The minimum absolute atomic E-state index is 0.0247. The van der Waals surface area contributed by atoms with Gasteiger partial charge in [0.1, 0.15) is 17.9 Å².